The van der Waals surface area contributed by atoms with E-state index in [-0.39, 0.29) is 11.8 Å². The Morgan fingerprint density at radius 3 is 2.43 bits per heavy atom. The Morgan fingerprint density at radius 1 is 0.919 bits per heavy atom. The second-order valence-electron chi connectivity index (χ2n) is 9.73. The molecule has 0 unspecified atom stereocenters. The van der Waals surface area contributed by atoms with Crippen molar-refractivity contribution in [2.24, 2.45) is 10.5 Å². The first-order valence-electron chi connectivity index (χ1n) is 12.0. The number of pyridine rings is 1. The van der Waals surface area contributed by atoms with Crippen LogP contribution >= 0.6 is 0 Å². The molecule has 1 aromatic heterocycles. The number of rotatable bonds is 6. The number of hydrogen-bond donors (Lipinski definition) is 2. The third-order valence-corrected chi connectivity index (χ3v) is 5.87. The third kappa shape index (κ3) is 6.01. The number of ether oxygens (including phenoxy) is 1. The molecular weight excluding hydrogens is 464 g/mol. The smallest absolute Gasteiger partial charge is 0.272 e. The molecule has 0 saturated heterocycles. The van der Waals surface area contributed by atoms with Crippen LogP contribution in [0.15, 0.2) is 84.0 Å². The number of hydrazone groups is 1. The van der Waals surface area contributed by atoms with Gasteiger partial charge in [-0.25, -0.2) is 10.4 Å². The summed E-state index contributed by atoms with van der Waals surface area (Å²) < 4.78 is 5.35. The summed E-state index contributed by atoms with van der Waals surface area (Å²) in [6, 6.07) is 24.2. The molecule has 0 fully saturated rings. The lowest BCUT2D eigenvalue weighted by Gasteiger charge is -2.18. The van der Waals surface area contributed by atoms with Crippen LogP contribution in [0.25, 0.3) is 22.2 Å². The molecule has 0 aliphatic heterocycles. The van der Waals surface area contributed by atoms with E-state index in [2.05, 4.69) is 15.8 Å². The first-order valence-corrected chi connectivity index (χ1v) is 12.0. The molecular formula is C30H30N4O3. The molecule has 0 aliphatic rings. The summed E-state index contributed by atoms with van der Waals surface area (Å²) in [5.74, 6) is 0.280. The van der Waals surface area contributed by atoms with Crippen LogP contribution in [0.2, 0.25) is 0 Å². The average Bonchev–Trinajstić information content (AvgIpc) is 2.90. The minimum atomic E-state index is -0.510. The summed E-state index contributed by atoms with van der Waals surface area (Å²) in [4.78, 5) is 30.4. The van der Waals surface area contributed by atoms with Crippen LogP contribution in [0.5, 0.6) is 5.75 Å². The van der Waals surface area contributed by atoms with Crippen LogP contribution in [0, 0.1) is 5.41 Å². The fraction of sp³-hybridized carbons (Fsp3) is 0.200. The summed E-state index contributed by atoms with van der Waals surface area (Å²) in [6.07, 6.45) is 0. The number of benzene rings is 3. The van der Waals surface area contributed by atoms with Crippen molar-refractivity contribution in [3.8, 4) is 17.0 Å². The van der Waals surface area contributed by atoms with E-state index in [0.29, 0.717) is 33.9 Å². The van der Waals surface area contributed by atoms with Gasteiger partial charge in [-0.3, -0.25) is 9.59 Å². The van der Waals surface area contributed by atoms with Crippen LogP contribution in [0.1, 0.15) is 43.6 Å². The number of para-hydroxylation sites is 1. The lowest BCUT2D eigenvalue weighted by Crippen LogP contribution is -2.27. The highest BCUT2D eigenvalue weighted by Crippen LogP contribution is 2.27. The fourth-order valence-electron chi connectivity index (χ4n) is 3.69. The van der Waals surface area contributed by atoms with Gasteiger partial charge < -0.3 is 10.1 Å². The van der Waals surface area contributed by atoms with Gasteiger partial charge >= 0.3 is 0 Å². The molecule has 3 aromatic carbocycles. The normalized spacial score (nSPS) is 11.8. The quantitative estimate of drug-likeness (QED) is 0.252. The molecule has 0 saturated carbocycles. The van der Waals surface area contributed by atoms with Crippen molar-refractivity contribution < 1.29 is 14.3 Å². The number of nitrogens with one attached hydrogen (secondary N) is 2. The van der Waals surface area contributed by atoms with Crippen LogP contribution in [-0.2, 0) is 4.79 Å². The van der Waals surface area contributed by atoms with E-state index in [9.17, 15) is 9.59 Å². The number of amides is 2. The van der Waals surface area contributed by atoms with Gasteiger partial charge in [-0.05, 0) is 48.9 Å². The van der Waals surface area contributed by atoms with Gasteiger partial charge in [-0.1, -0.05) is 63.2 Å². The molecule has 7 nitrogen and oxygen atoms in total. The van der Waals surface area contributed by atoms with Crippen LogP contribution in [0.3, 0.4) is 0 Å². The Hall–Kier alpha value is -4.52. The van der Waals surface area contributed by atoms with Crippen molar-refractivity contribution in [2.75, 3.05) is 12.4 Å². The Morgan fingerprint density at radius 2 is 1.68 bits per heavy atom. The Bertz CT molecular complexity index is 1500. The molecule has 37 heavy (non-hydrogen) atoms. The van der Waals surface area contributed by atoms with E-state index < -0.39 is 5.41 Å². The van der Waals surface area contributed by atoms with Gasteiger partial charge in [0, 0.05) is 22.1 Å². The molecule has 188 valence electrons. The molecule has 0 radical (unpaired) electrons. The molecule has 2 amide bonds. The molecule has 0 aliphatic carbocycles. The number of carbonyl (C=O) groups is 2. The topological polar surface area (TPSA) is 92.7 Å². The highest BCUT2D eigenvalue weighted by molar-refractivity contribution is 6.08. The second kappa shape index (κ2) is 10.6. The lowest BCUT2D eigenvalue weighted by atomic mass is 9.95. The van der Waals surface area contributed by atoms with Crippen molar-refractivity contribution in [1.29, 1.82) is 0 Å². The Labute approximate surface area is 216 Å². The maximum atomic E-state index is 13.3. The van der Waals surface area contributed by atoms with E-state index >= 15 is 0 Å². The van der Waals surface area contributed by atoms with Gasteiger partial charge in [0.05, 0.1) is 29.6 Å². The van der Waals surface area contributed by atoms with Crippen LogP contribution < -0.4 is 15.5 Å². The maximum absolute atomic E-state index is 13.3. The number of carbonyl (C=O) groups excluding carboxylic acids is 2. The highest BCUT2D eigenvalue weighted by Gasteiger charge is 2.21. The van der Waals surface area contributed by atoms with E-state index in [4.69, 9.17) is 9.72 Å². The predicted molar refractivity (Wildman–Crippen MR) is 148 cm³/mol. The summed E-state index contributed by atoms with van der Waals surface area (Å²) in [7, 11) is 1.61. The van der Waals surface area contributed by atoms with Gasteiger partial charge in [-0.2, -0.15) is 5.10 Å². The SMILES string of the molecule is COc1cccc(-c2cc(C(=O)NN=C(C)c3cccc(NC(=O)C(C)(C)C)c3)c3ccccc3n2)c1. The van der Waals surface area contributed by atoms with Gasteiger partial charge in [0.2, 0.25) is 5.91 Å². The fourth-order valence-corrected chi connectivity index (χ4v) is 3.69. The van der Waals surface area contributed by atoms with Crippen molar-refractivity contribution in [3.63, 3.8) is 0 Å². The minimum Gasteiger partial charge on any atom is -0.497 e. The van der Waals surface area contributed by atoms with E-state index in [1.54, 1.807) is 20.1 Å². The third-order valence-electron chi connectivity index (χ3n) is 5.87. The molecule has 0 atom stereocenters. The summed E-state index contributed by atoms with van der Waals surface area (Å²) in [5.41, 5.74) is 6.89. The maximum Gasteiger partial charge on any atom is 0.272 e. The molecule has 7 heteroatoms. The van der Waals surface area contributed by atoms with Crippen molar-refractivity contribution in [2.45, 2.75) is 27.7 Å². The Kier molecular flexibility index (Phi) is 7.34. The molecule has 0 bridgehead atoms. The first kappa shape index (κ1) is 25.6. The number of anilines is 1. The van der Waals surface area contributed by atoms with E-state index in [1.807, 2.05) is 93.6 Å². The van der Waals surface area contributed by atoms with Gasteiger partial charge in [0.15, 0.2) is 0 Å². The van der Waals surface area contributed by atoms with Crippen LogP contribution in [-0.4, -0.2) is 29.6 Å². The zero-order valence-electron chi connectivity index (χ0n) is 21.6. The molecule has 4 aromatic rings. The molecule has 4 rings (SSSR count). The number of methoxy groups -OCH3 is 1. The number of hydrogen-bond acceptors (Lipinski definition) is 5. The number of aromatic nitrogens is 1. The predicted octanol–water partition coefficient (Wildman–Crippen LogP) is 6.05. The zero-order chi connectivity index (χ0) is 26.6. The zero-order valence-corrected chi connectivity index (χ0v) is 21.6. The second-order valence-corrected chi connectivity index (χ2v) is 9.73. The lowest BCUT2D eigenvalue weighted by molar-refractivity contribution is -0.123. The van der Waals surface area contributed by atoms with Crippen molar-refractivity contribution in [3.05, 3.63) is 90.0 Å². The summed E-state index contributed by atoms with van der Waals surface area (Å²) >= 11 is 0. The summed E-state index contributed by atoms with van der Waals surface area (Å²) in [5, 5.41) is 7.99. The molecule has 0 spiro atoms. The van der Waals surface area contributed by atoms with Gasteiger partial charge in [0.1, 0.15) is 5.75 Å². The average molecular weight is 495 g/mol. The highest BCUT2D eigenvalue weighted by atomic mass is 16.5. The monoisotopic (exact) mass is 494 g/mol. The summed E-state index contributed by atoms with van der Waals surface area (Å²) in [6.45, 7) is 7.38. The molecule has 2 N–H and O–H groups in total. The van der Waals surface area contributed by atoms with E-state index in [1.165, 1.54) is 0 Å². The van der Waals surface area contributed by atoms with Crippen LogP contribution in [0.4, 0.5) is 5.69 Å². The minimum absolute atomic E-state index is 0.0797. The first-order chi connectivity index (χ1) is 17.7. The number of nitrogens with zero attached hydrogens (tertiary/aromatic N) is 2. The van der Waals surface area contributed by atoms with Gasteiger partial charge in [-0.15, -0.1) is 0 Å². The van der Waals surface area contributed by atoms with E-state index in [0.717, 1.165) is 16.5 Å². The number of fused-ring (bicyclic) bond motifs is 1. The van der Waals surface area contributed by atoms with Crippen molar-refractivity contribution in [1.82, 2.24) is 10.4 Å². The standard InChI is InChI=1S/C30H30N4O3/c1-19(20-10-8-12-22(16-20)31-29(36)30(2,3)4)33-34-28(35)25-18-27(21-11-9-13-23(17-21)37-5)32-26-15-7-6-14-24(25)26/h6-18H,1-5H3,(H,31,36)(H,34,35). The molecule has 1 heterocycles. The largest absolute Gasteiger partial charge is 0.497 e. The van der Waals surface area contributed by atoms with Crippen molar-refractivity contribution >= 4 is 34.1 Å². The van der Waals surface area contributed by atoms with Gasteiger partial charge in [0.25, 0.3) is 5.91 Å². The Balaban J connectivity index is 1.61.